The molecule has 0 fully saturated rings. The number of benzene rings is 1. The van der Waals surface area contributed by atoms with Gasteiger partial charge in [-0.3, -0.25) is 4.79 Å². The fourth-order valence-corrected chi connectivity index (χ4v) is 2.50. The largest absolute Gasteiger partial charge is 0.320 e. The second kappa shape index (κ2) is 6.50. The van der Waals surface area contributed by atoms with Gasteiger partial charge in [-0.2, -0.15) is 11.3 Å². The van der Waals surface area contributed by atoms with Gasteiger partial charge in [-0.1, -0.05) is 25.1 Å². The van der Waals surface area contributed by atoms with Crippen molar-refractivity contribution in [3.05, 3.63) is 52.7 Å². The van der Waals surface area contributed by atoms with Crippen LogP contribution in [-0.2, 0) is 11.3 Å². The molecule has 0 spiro atoms. The minimum Gasteiger partial charge on any atom is -0.320 e. The van der Waals surface area contributed by atoms with Crippen LogP contribution in [0.3, 0.4) is 0 Å². The highest BCUT2D eigenvalue weighted by Crippen LogP contribution is 2.19. The van der Waals surface area contributed by atoms with Gasteiger partial charge in [0, 0.05) is 5.69 Å². The number of anilines is 1. The summed E-state index contributed by atoms with van der Waals surface area (Å²) in [4.78, 5) is 14.2. The third kappa shape index (κ3) is 3.43. The van der Waals surface area contributed by atoms with Gasteiger partial charge in [-0.15, -0.1) is 0 Å². The number of para-hydroxylation sites is 1. The summed E-state index contributed by atoms with van der Waals surface area (Å²) in [5, 5.41) is 4.07. The maximum Gasteiger partial charge on any atom is 0.244 e. The van der Waals surface area contributed by atoms with Gasteiger partial charge in [-0.05, 0) is 40.9 Å². The van der Waals surface area contributed by atoms with E-state index in [-0.39, 0.29) is 5.91 Å². The van der Waals surface area contributed by atoms with E-state index in [0.717, 1.165) is 11.3 Å². The molecule has 1 heterocycles. The lowest BCUT2D eigenvalue weighted by Crippen LogP contribution is -2.43. The molecule has 0 aliphatic carbocycles. The van der Waals surface area contributed by atoms with Gasteiger partial charge >= 0.3 is 0 Å². The SMILES string of the molecule is CC[C@H](N)C(=O)N(Cc1ccsc1)c1ccccc1. The minimum absolute atomic E-state index is 0.0279. The first-order chi connectivity index (χ1) is 9.22. The quantitative estimate of drug-likeness (QED) is 0.911. The molecular formula is C15H18N2OS. The molecule has 0 aliphatic rings. The zero-order valence-electron chi connectivity index (χ0n) is 11.0. The Labute approximate surface area is 117 Å². The number of rotatable bonds is 5. The minimum atomic E-state index is -0.446. The first kappa shape index (κ1) is 13.8. The van der Waals surface area contributed by atoms with E-state index in [1.165, 1.54) is 0 Å². The Balaban J connectivity index is 2.25. The molecule has 1 aromatic heterocycles. The zero-order chi connectivity index (χ0) is 13.7. The Hall–Kier alpha value is -1.65. The molecule has 0 bridgehead atoms. The lowest BCUT2D eigenvalue weighted by molar-refractivity contribution is -0.120. The molecule has 1 atom stereocenters. The molecule has 0 radical (unpaired) electrons. The van der Waals surface area contributed by atoms with E-state index in [1.54, 1.807) is 16.2 Å². The molecule has 1 amide bonds. The number of nitrogens with zero attached hydrogens (tertiary/aromatic N) is 1. The molecule has 100 valence electrons. The van der Waals surface area contributed by atoms with Crippen molar-refractivity contribution < 1.29 is 4.79 Å². The summed E-state index contributed by atoms with van der Waals surface area (Å²) in [5.74, 6) is -0.0279. The summed E-state index contributed by atoms with van der Waals surface area (Å²) in [5.41, 5.74) is 7.92. The lowest BCUT2D eigenvalue weighted by atomic mass is 10.1. The Morgan fingerprint density at radius 3 is 2.63 bits per heavy atom. The van der Waals surface area contributed by atoms with Gasteiger partial charge in [0.25, 0.3) is 0 Å². The van der Waals surface area contributed by atoms with Crippen LogP contribution < -0.4 is 10.6 Å². The van der Waals surface area contributed by atoms with E-state index in [2.05, 4.69) is 5.38 Å². The van der Waals surface area contributed by atoms with Crippen LogP contribution in [0.15, 0.2) is 47.2 Å². The third-order valence-corrected chi connectivity index (χ3v) is 3.74. The highest BCUT2D eigenvalue weighted by Gasteiger charge is 2.21. The van der Waals surface area contributed by atoms with Gasteiger partial charge in [0.15, 0.2) is 0 Å². The van der Waals surface area contributed by atoms with Crippen molar-refractivity contribution in [1.29, 1.82) is 0 Å². The molecule has 2 aromatic rings. The third-order valence-electron chi connectivity index (χ3n) is 3.01. The first-order valence-corrected chi connectivity index (χ1v) is 7.29. The van der Waals surface area contributed by atoms with Crippen LogP contribution in [0, 0.1) is 0 Å². The molecule has 2 rings (SSSR count). The van der Waals surface area contributed by atoms with Crippen LogP contribution >= 0.6 is 11.3 Å². The normalized spacial score (nSPS) is 12.1. The predicted molar refractivity (Wildman–Crippen MR) is 80.2 cm³/mol. The summed E-state index contributed by atoms with van der Waals surface area (Å²) in [6.07, 6.45) is 0.645. The van der Waals surface area contributed by atoms with Gasteiger partial charge in [0.2, 0.25) is 5.91 Å². The van der Waals surface area contributed by atoms with Crippen molar-refractivity contribution >= 4 is 22.9 Å². The Bertz CT molecular complexity index is 510. The second-order valence-corrected chi connectivity index (χ2v) is 5.19. The number of thiophene rings is 1. The van der Waals surface area contributed by atoms with Crippen LogP contribution in [0.4, 0.5) is 5.69 Å². The number of hydrogen-bond donors (Lipinski definition) is 1. The van der Waals surface area contributed by atoms with Crippen molar-refractivity contribution in [3.63, 3.8) is 0 Å². The van der Waals surface area contributed by atoms with Crippen molar-refractivity contribution in [2.45, 2.75) is 25.9 Å². The molecule has 0 unspecified atom stereocenters. The molecule has 2 N–H and O–H groups in total. The summed E-state index contributed by atoms with van der Waals surface area (Å²) < 4.78 is 0. The van der Waals surface area contributed by atoms with E-state index in [9.17, 15) is 4.79 Å². The molecule has 19 heavy (non-hydrogen) atoms. The standard InChI is InChI=1S/C15H18N2OS/c1-2-14(16)15(18)17(10-12-8-9-19-11-12)13-6-4-3-5-7-13/h3-9,11,14H,2,10,16H2,1H3/t14-/m0/s1. The van der Waals surface area contributed by atoms with Crippen LogP contribution in [0.25, 0.3) is 0 Å². The topological polar surface area (TPSA) is 46.3 Å². The van der Waals surface area contributed by atoms with Crippen molar-refractivity contribution in [2.24, 2.45) is 5.73 Å². The molecule has 3 nitrogen and oxygen atoms in total. The smallest absolute Gasteiger partial charge is 0.244 e. The maximum absolute atomic E-state index is 12.4. The van der Waals surface area contributed by atoms with Crippen molar-refractivity contribution in [3.8, 4) is 0 Å². The number of carbonyl (C=O) groups is 1. The summed E-state index contributed by atoms with van der Waals surface area (Å²) in [7, 11) is 0. The highest BCUT2D eigenvalue weighted by atomic mass is 32.1. The molecule has 1 aromatic carbocycles. The average molecular weight is 274 g/mol. The molecule has 0 saturated heterocycles. The van der Waals surface area contributed by atoms with Gasteiger partial charge in [0.1, 0.15) is 0 Å². The predicted octanol–water partition coefficient (Wildman–Crippen LogP) is 3.02. The molecular weight excluding hydrogens is 256 g/mol. The molecule has 0 aliphatic heterocycles. The van der Waals surface area contributed by atoms with E-state index < -0.39 is 6.04 Å². The number of hydrogen-bond acceptors (Lipinski definition) is 3. The second-order valence-electron chi connectivity index (χ2n) is 4.41. The fraction of sp³-hybridized carbons (Fsp3) is 0.267. The Morgan fingerprint density at radius 2 is 2.05 bits per heavy atom. The van der Waals surface area contributed by atoms with Crippen LogP contribution in [0.5, 0.6) is 0 Å². The highest BCUT2D eigenvalue weighted by molar-refractivity contribution is 7.07. The van der Waals surface area contributed by atoms with Crippen LogP contribution in [0.1, 0.15) is 18.9 Å². The van der Waals surface area contributed by atoms with E-state index in [0.29, 0.717) is 13.0 Å². The van der Waals surface area contributed by atoms with Gasteiger partial charge < -0.3 is 10.6 Å². The number of carbonyl (C=O) groups excluding carboxylic acids is 1. The van der Waals surface area contributed by atoms with Gasteiger partial charge in [0.05, 0.1) is 12.6 Å². The summed E-state index contributed by atoms with van der Waals surface area (Å²) >= 11 is 1.63. The maximum atomic E-state index is 12.4. The Morgan fingerprint density at radius 1 is 1.32 bits per heavy atom. The van der Waals surface area contributed by atoms with Crippen molar-refractivity contribution in [1.82, 2.24) is 0 Å². The van der Waals surface area contributed by atoms with E-state index >= 15 is 0 Å². The number of amides is 1. The fourth-order valence-electron chi connectivity index (χ4n) is 1.84. The van der Waals surface area contributed by atoms with Crippen LogP contribution in [0.2, 0.25) is 0 Å². The summed E-state index contributed by atoms with van der Waals surface area (Å²) in [6, 6.07) is 11.3. The average Bonchev–Trinajstić information content (AvgIpc) is 2.97. The lowest BCUT2D eigenvalue weighted by Gasteiger charge is -2.25. The Kier molecular flexibility index (Phi) is 4.71. The number of nitrogens with two attached hydrogens (primary N) is 1. The monoisotopic (exact) mass is 274 g/mol. The van der Waals surface area contributed by atoms with E-state index in [4.69, 9.17) is 5.73 Å². The summed E-state index contributed by atoms with van der Waals surface area (Å²) in [6.45, 7) is 2.50. The van der Waals surface area contributed by atoms with Crippen molar-refractivity contribution in [2.75, 3.05) is 4.90 Å². The molecule has 0 saturated carbocycles. The first-order valence-electron chi connectivity index (χ1n) is 6.35. The molecule has 4 heteroatoms. The zero-order valence-corrected chi connectivity index (χ0v) is 11.8. The van der Waals surface area contributed by atoms with Crippen LogP contribution in [-0.4, -0.2) is 11.9 Å². The van der Waals surface area contributed by atoms with Gasteiger partial charge in [-0.25, -0.2) is 0 Å². The van der Waals surface area contributed by atoms with E-state index in [1.807, 2.05) is 48.7 Å².